The number of hydrogen-bond donors (Lipinski definition) is 3. The highest BCUT2D eigenvalue weighted by atomic mass is 16.2. The summed E-state index contributed by atoms with van der Waals surface area (Å²) in [4.78, 5) is 22.9. The predicted octanol–water partition coefficient (Wildman–Crippen LogP) is -0.230. The van der Waals surface area contributed by atoms with Crippen LogP contribution in [0.25, 0.3) is 0 Å². The monoisotopic (exact) mass is 259 g/mol. The second-order valence-electron chi connectivity index (χ2n) is 3.99. The number of amides is 2. The molecule has 5 nitrogen and oxygen atoms in total. The third-order valence-electron chi connectivity index (χ3n) is 2.43. The maximum Gasteiger partial charge on any atom is 0.239 e. The largest absolute Gasteiger partial charge is 0.350 e. The van der Waals surface area contributed by atoms with Crippen molar-refractivity contribution in [2.24, 2.45) is 5.73 Å². The van der Waals surface area contributed by atoms with Crippen LogP contribution in [0.1, 0.15) is 12.0 Å². The standard InChI is InChI=1S/C14H17N3O2/c1-2-6-12(15)14(19)17-10-13(18)16-9-11-7-4-3-5-8-11/h1,3-5,7-8,12H,6,9-10,15H2,(H,16,18)(H,17,19). The quantitative estimate of drug-likeness (QED) is 0.617. The van der Waals surface area contributed by atoms with Crippen molar-refractivity contribution in [3.63, 3.8) is 0 Å². The first-order chi connectivity index (χ1) is 9.13. The molecule has 5 heteroatoms. The Labute approximate surface area is 112 Å². The smallest absolute Gasteiger partial charge is 0.239 e. The lowest BCUT2D eigenvalue weighted by atomic mass is 10.2. The van der Waals surface area contributed by atoms with Gasteiger partial charge >= 0.3 is 0 Å². The topological polar surface area (TPSA) is 84.2 Å². The molecule has 1 rings (SSSR count). The van der Waals surface area contributed by atoms with Gasteiger partial charge in [0.2, 0.25) is 11.8 Å². The zero-order valence-electron chi connectivity index (χ0n) is 10.6. The van der Waals surface area contributed by atoms with Crippen molar-refractivity contribution < 1.29 is 9.59 Å². The van der Waals surface area contributed by atoms with Crippen molar-refractivity contribution in [3.8, 4) is 12.3 Å². The van der Waals surface area contributed by atoms with Crippen LogP contribution >= 0.6 is 0 Å². The summed E-state index contributed by atoms with van der Waals surface area (Å²) < 4.78 is 0. The SMILES string of the molecule is C#CCC(N)C(=O)NCC(=O)NCc1ccccc1. The van der Waals surface area contributed by atoms with E-state index in [4.69, 9.17) is 12.2 Å². The van der Waals surface area contributed by atoms with Gasteiger partial charge in [0.05, 0.1) is 12.6 Å². The van der Waals surface area contributed by atoms with Crippen LogP contribution in [-0.4, -0.2) is 24.4 Å². The molecule has 19 heavy (non-hydrogen) atoms. The maximum atomic E-state index is 11.5. The molecule has 100 valence electrons. The van der Waals surface area contributed by atoms with E-state index in [1.165, 1.54) is 0 Å². The Balaban J connectivity index is 2.25. The highest BCUT2D eigenvalue weighted by Crippen LogP contribution is 1.96. The summed E-state index contributed by atoms with van der Waals surface area (Å²) in [7, 11) is 0. The first-order valence-electron chi connectivity index (χ1n) is 5.91. The van der Waals surface area contributed by atoms with E-state index in [1.54, 1.807) is 0 Å². The van der Waals surface area contributed by atoms with Crippen molar-refractivity contribution in [2.45, 2.75) is 19.0 Å². The highest BCUT2D eigenvalue weighted by molar-refractivity contribution is 5.87. The summed E-state index contributed by atoms with van der Waals surface area (Å²) in [5.74, 6) is 1.60. The van der Waals surface area contributed by atoms with E-state index < -0.39 is 11.9 Å². The van der Waals surface area contributed by atoms with E-state index in [9.17, 15) is 9.59 Å². The van der Waals surface area contributed by atoms with Crippen molar-refractivity contribution in [1.82, 2.24) is 10.6 Å². The van der Waals surface area contributed by atoms with Gasteiger partial charge in [-0.05, 0) is 5.56 Å². The zero-order valence-corrected chi connectivity index (χ0v) is 10.6. The number of nitrogens with one attached hydrogen (secondary N) is 2. The lowest BCUT2D eigenvalue weighted by molar-refractivity contribution is -0.126. The fourth-order valence-electron chi connectivity index (χ4n) is 1.38. The Morgan fingerprint density at radius 3 is 2.58 bits per heavy atom. The van der Waals surface area contributed by atoms with Crippen LogP contribution in [0.2, 0.25) is 0 Å². The molecular weight excluding hydrogens is 242 g/mol. The van der Waals surface area contributed by atoms with E-state index in [2.05, 4.69) is 16.6 Å². The molecule has 1 aromatic rings. The molecular formula is C14H17N3O2. The van der Waals surface area contributed by atoms with Crippen molar-refractivity contribution in [3.05, 3.63) is 35.9 Å². The minimum atomic E-state index is -0.771. The zero-order chi connectivity index (χ0) is 14.1. The van der Waals surface area contributed by atoms with Gasteiger partial charge in [-0.1, -0.05) is 30.3 Å². The van der Waals surface area contributed by atoms with Crippen LogP contribution in [0.5, 0.6) is 0 Å². The molecule has 0 radical (unpaired) electrons. The van der Waals surface area contributed by atoms with Gasteiger partial charge in [-0.25, -0.2) is 0 Å². The third kappa shape index (κ3) is 5.70. The number of carbonyl (C=O) groups excluding carboxylic acids is 2. The second kappa shape index (κ2) is 7.90. The summed E-state index contributed by atoms with van der Waals surface area (Å²) >= 11 is 0. The Hall–Kier alpha value is -2.32. The van der Waals surface area contributed by atoms with E-state index in [0.29, 0.717) is 6.54 Å². The number of benzene rings is 1. The summed E-state index contributed by atoms with van der Waals surface area (Å²) in [5, 5.41) is 5.12. The third-order valence-corrected chi connectivity index (χ3v) is 2.43. The number of rotatable bonds is 6. The fourth-order valence-corrected chi connectivity index (χ4v) is 1.38. The van der Waals surface area contributed by atoms with Crippen LogP contribution in [0.15, 0.2) is 30.3 Å². The van der Waals surface area contributed by atoms with Gasteiger partial charge in [0.15, 0.2) is 0 Å². The molecule has 0 bridgehead atoms. The highest BCUT2D eigenvalue weighted by Gasteiger charge is 2.12. The van der Waals surface area contributed by atoms with Gasteiger partial charge in [0, 0.05) is 13.0 Å². The van der Waals surface area contributed by atoms with Gasteiger partial charge in [-0.2, -0.15) is 0 Å². The molecule has 1 unspecified atom stereocenters. The summed E-state index contributed by atoms with van der Waals surface area (Å²) in [5.41, 5.74) is 6.48. The summed E-state index contributed by atoms with van der Waals surface area (Å²) in [6, 6.07) is 8.72. The van der Waals surface area contributed by atoms with Gasteiger partial charge < -0.3 is 16.4 Å². The average Bonchev–Trinajstić information content (AvgIpc) is 2.43. The van der Waals surface area contributed by atoms with Gasteiger partial charge in [0.25, 0.3) is 0 Å². The van der Waals surface area contributed by atoms with Crippen LogP contribution in [-0.2, 0) is 16.1 Å². The normalized spacial score (nSPS) is 11.2. The van der Waals surface area contributed by atoms with E-state index in [-0.39, 0.29) is 18.9 Å². The molecule has 0 aliphatic heterocycles. The average molecular weight is 259 g/mol. The van der Waals surface area contributed by atoms with Gasteiger partial charge in [-0.15, -0.1) is 12.3 Å². The summed E-state index contributed by atoms with van der Waals surface area (Å²) in [6.07, 6.45) is 5.20. The van der Waals surface area contributed by atoms with E-state index >= 15 is 0 Å². The molecule has 1 atom stereocenters. The van der Waals surface area contributed by atoms with Gasteiger partial charge in [-0.3, -0.25) is 9.59 Å². The minimum Gasteiger partial charge on any atom is -0.350 e. The van der Waals surface area contributed by atoms with Crippen LogP contribution in [0.4, 0.5) is 0 Å². The van der Waals surface area contributed by atoms with Crippen LogP contribution in [0, 0.1) is 12.3 Å². The van der Waals surface area contributed by atoms with Crippen LogP contribution in [0.3, 0.4) is 0 Å². The van der Waals surface area contributed by atoms with Crippen molar-refractivity contribution in [2.75, 3.05) is 6.54 Å². The lowest BCUT2D eigenvalue weighted by Gasteiger charge is -2.10. The van der Waals surface area contributed by atoms with Crippen molar-refractivity contribution in [1.29, 1.82) is 0 Å². The first-order valence-corrected chi connectivity index (χ1v) is 5.91. The molecule has 0 aromatic heterocycles. The van der Waals surface area contributed by atoms with Crippen molar-refractivity contribution >= 4 is 11.8 Å². The molecule has 1 aromatic carbocycles. The molecule has 0 fully saturated rings. The molecule has 0 saturated heterocycles. The first kappa shape index (κ1) is 14.7. The van der Waals surface area contributed by atoms with E-state index in [1.807, 2.05) is 30.3 Å². The second-order valence-corrected chi connectivity index (χ2v) is 3.99. The molecule has 2 amide bonds. The minimum absolute atomic E-state index is 0.107. The maximum absolute atomic E-state index is 11.5. The molecule has 0 heterocycles. The lowest BCUT2D eigenvalue weighted by Crippen LogP contribution is -2.44. The Morgan fingerprint density at radius 2 is 1.95 bits per heavy atom. The number of hydrogen-bond acceptors (Lipinski definition) is 3. The van der Waals surface area contributed by atoms with Crippen LogP contribution < -0.4 is 16.4 Å². The number of terminal acetylenes is 1. The molecule has 0 saturated carbocycles. The molecule has 0 spiro atoms. The predicted molar refractivity (Wildman–Crippen MR) is 72.7 cm³/mol. The number of carbonyl (C=O) groups is 2. The fraction of sp³-hybridized carbons (Fsp3) is 0.286. The Kier molecular flexibility index (Phi) is 6.13. The molecule has 0 aliphatic carbocycles. The Bertz CT molecular complexity index is 465. The van der Waals surface area contributed by atoms with E-state index in [0.717, 1.165) is 5.56 Å². The molecule has 4 N–H and O–H groups in total. The Morgan fingerprint density at radius 1 is 1.26 bits per heavy atom. The molecule has 0 aliphatic rings. The van der Waals surface area contributed by atoms with Gasteiger partial charge in [0.1, 0.15) is 0 Å². The number of nitrogens with two attached hydrogens (primary N) is 1. The summed E-state index contributed by atoms with van der Waals surface area (Å²) in [6.45, 7) is 0.315.